The highest BCUT2D eigenvalue weighted by Crippen LogP contribution is 2.33. The zero-order valence-electron chi connectivity index (χ0n) is 13.4. The van der Waals surface area contributed by atoms with Gasteiger partial charge in [0.25, 0.3) is 5.91 Å². The van der Waals surface area contributed by atoms with Gasteiger partial charge in [0.15, 0.2) is 0 Å². The summed E-state index contributed by atoms with van der Waals surface area (Å²) in [6.07, 6.45) is 0. The van der Waals surface area contributed by atoms with Crippen molar-refractivity contribution in [2.24, 2.45) is 0 Å². The van der Waals surface area contributed by atoms with Crippen LogP contribution in [0.2, 0.25) is 5.02 Å². The maximum absolute atomic E-state index is 14.2. The molecule has 1 aromatic heterocycles. The van der Waals surface area contributed by atoms with Crippen LogP contribution in [0, 0.1) is 18.6 Å². The number of benzene rings is 2. The Morgan fingerprint density at radius 2 is 2.08 bits per heavy atom. The van der Waals surface area contributed by atoms with Gasteiger partial charge < -0.3 is 9.84 Å². The third-order valence-electron chi connectivity index (χ3n) is 3.74. The third-order valence-corrected chi connectivity index (χ3v) is 4.83. The van der Waals surface area contributed by atoms with E-state index in [2.05, 4.69) is 26.4 Å². The largest absolute Gasteiger partial charge is 0.360 e. The highest BCUT2D eigenvalue weighted by Gasteiger charge is 2.25. The first-order valence-corrected chi connectivity index (χ1v) is 8.68. The number of carbonyl (C=O) groups excluding carboxylic acids is 1. The van der Waals surface area contributed by atoms with Gasteiger partial charge in [-0.2, -0.15) is 0 Å². The molecule has 0 aliphatic rings. The van der Waals surface area contributed by atoms with Crippen LogP contribution in [0.15, 0.2) is 45.4 Å². The molecular formula is C18H12BrClF2N2O2. The SMILES string of the molecule is Cc1onc(-c2c(F)cccc2Cl)c1C(=O)NCc1cc(F)ccc1Br. The zero-order valence-corrected chi connectivity index (χ0v) is 15.8. The molecule has 1 amide bonds. The minimum absolute atomic E-state index is 0.0110. The van der Waals surface area contributed by atoms with Gasteiger partial charge in [-0.25, -0.2) is 8.78 Å². The number of nitrogens with zero attached hydrogens (tertiary/aromatic N) is 1. The Labute approximate surface area is 161 Å². The highest BCUT2D eigenvalue weighted by atomic mass is 79.9. The smallest absolute Gasteiger partial charge is 0.257 e. The molecule has 0 fully saturated rings. The fourth-order valence-corrected chi connectivity index (χ4v) is 3.12. The molecule has 0 unspecified atom stereocenters. The van der Waals surface area contributed by atoms with Crippen molar-refractivity contribution in [2.75, 3.05) is 0 Å². The lowest BCUT2D eigenvalue weighted by molar-refractivity contribution is 0.0950. The molecular weight excluding hydrogens is 430 g/mol. The quantitative estimate of drug-likeness (QED) is 0.600. The van der Waals surface area contributed by atoms with Crippen molar-refractivity contribution in [2.45, 2.75) is 13.5 Å². The number of nitrogens with one attached hydrogen (secondary N) is 1. The van der Waals surface area contributed by atoms with Gasteiger partial charge >= 0.3 is 0 Å². The van der Waals surface area contributed by atoms with Crippen molar-refractivity contribution in [3.63, 3.8) is 0 Å². The predicted molar refractivity (Wildman–Crippen MR) is 96.9 cm³/mol. The van der Waals surface area contributed by atoms with Gasteiger partial charge in [-0.05, 0) is 42.8 Å². The molecule has 2 aromatic carbocycles. The Morgan fingerprint density at radius 1 is 1.31 bits per heavy atom. The summed E-state index contributed by atoms with van der Waals surface area (Å²) in [7, 11) is 0. The molecule has 1 heterocycles. The molecule has 0 bridgehead atoms. The van der Waals surface area contributed by atoms with Gasteiger partial charge in [0, 0.05) is 11.0 Å². The van der Waals surface area contributed by atoms with E-state index < -0.39 is 17.5 Å². The van der Waals surface area contributed by atoms with E-state index in [-0.39, 0.29) is 34.1 Å². The molecule has 0 radical (unpaired) electrons. The van der Waals surface area contributed by atoms with Crippen molar-refractivity contribution in [1.82, 2.24) is 10.5 Å². The molecule has 0 atom stereocenters. The second kappa shape index (κ2) is 7.55. The van der Waals surface area contributed by atoms with Crippen LogP contribution in [-0.4, -0.2) is 11.1 Å². The van der Waals surface area contributed by atoms with E-state index in [9.17, 15) is 13.6 Å². The average Bonchev–Trinajstić information content (AvgIpc) is 2.96. The van der Waals surface area contributed by atoms with E-state index in [4.69, 9.17) is 16.1 Å². The minimum atomic E-state index is -0.618. The molecule has 0 saturated heterocycles. The van der Waals surface area contributed by atoms with E-state index in [1.54, 1.807) is 6.07 Å². The Balaban J connectivity index is 1.91. The normalized spacial score (nSPS) is 10.8. The monoisotopic (exact) mass is 440 g/mol. The van der Waals surface area contributed by atoms with E-state index in [1.165, 1.54) is 37.3 Å². The summed E-state index contributed by atoms with van der Waals surface area (Å²) < 4.78 is 33.3. The average molecular weight is 442 g/mol. The number of halogens is 4. The first kappa shape index (κ1) is 18.5. The standard InChI is InChI=1S/C18H12BrClF2N2O2/c1-9-15(17(24-26-9)16-13(20)3-2-4-14(16)22)18(25)23-8-10-7-11(21)5-6-12(10)19/h2-7H,8H2,1H3,(H,23,25). The van der Waals surface area contributed by atoms with Crippen LogP contribution in [0.25, 0.3) is 11.3 Å². The van der Waals surface area contributed by atoms with Gasteiger partial charge in [-0.1, -0.05) is 38.8 Å². The molecule has 8 heteroatoms. The maximum Gasteiger partial charge on any atom is 0.257 e. The lowest BCUT2D eigenvalue weighted by Gasteiger charge is -2.09. The van der Waals surface area contributed by atoms with Crippen LogP contribution < -0.4 is 5.32 Å². The second-order valence-corrected chi connectivity index (χ2v) is 6.74. The minimum Gasteiger partial charge on any atom is -0.360 e. The molecule has 1 N–H and O–H groups in total. The van der Waals surface area contributed by atoms with Gasteiger partial charge in [0.2, 0.25) is 0 Å². The molecule has 3 aromatic rings. The van der Waals surface area contributed by atoms with E-state index >= 15 is 0 Å². The Kier molecular flexibility index (Phi) is 5.38. The summed E-state index contributed by atoms with van der Waals surface area (Å²) in [4.78, 5) is 12.6. The number of amides is 1. The van der Waals surface area contributed by atoms with Crippen LogP contribution in [0.1, 0.15) is 21.7 Å². The number of aromatic nitrogens is 1. The first-order chi connectivity index (χ1) is 12.4. The predicted octanol–water partition coefficient (Wildman–Crippen LogP) is 5.27. The van der Waals surface area contributed by atoms with Crippen LogP contribution >= 0.6 is 27.5 Å². The summed E-state index contributed by atoms with van der Waals surface area (Å²) in [5, 5.41) is 6.56. The number of aryl methyl sites for hydroxylation is 1. The van der Waals surface area contributed by atoms with E-state index in [0.29, 0.717) is 10.0 Å². The van der Waals surface area contributed by atoms with Gasteiger partial charge in [0.1, 0.15) is 28.7 Å². The van der Waals surface area contributed by atoms with Crippen molar-refractivity contribution in [3.8, 4) is 11.3 Å². The lowest BCUT2D eigenvalue weighted by Crippen LogP contribution is -2.24. The van der Waals surface area contributed by atoms with Crippen LogP contribution in [0.3, 0.4) is 0 Å². The summed E-state index contributed by atoms with van der Waals surface area (Å²) in [5.74, 6) is -1.35. The molecule has 0 saturated carbocycles. The summed E-state index contributed by atoms with van der Waals surface area (Å²) >= 11 is 9.36. The molecule has 0 aliphatic carbocycles. The number of carbonyl (C=O) groups is 1. The fourth-order valence-electron chi connectivity index (χ4n) is 2.48. The summed E-state index contributed by atoms with van der Waals surface area (Å²) in [6.45, 7) is 1.60. The molecule has 0 aliphatic heterocycles. The zero-order chi connectivity index (χ0) is 18.8. The van der Waals surface area contributed by atoms with Gasteiger partial charge in [0.05, 0.1) is 10.6 Å². The van der Waals surface area contributed by atoms with E-state index in [0.717, 1.165) is 0 Å². The molecule has 3 rings (SSSR count). The van der Waals surface area contributed by atoms with Crippen LogP contribution in [0.5, 0.6) is 0 Å². The van der Waals surface area contributed by atoms with Gasteiger partial charge in [-0.15, -0.1) is 0 Å². The maximum atomic E-state index is 14.2. The Hall–Kier alpha value is -2.25. The number of hydrogen-bond donors (Lipinski definition) is 1. The van der Waals surface area contributed by atoms with E-state index in [1.807, 2.05) is 0 Å². The Bertz CT molecular complexity index is 971. The van der Waals surface area contributed by atoms with Crippen molar-refractivity contribution >= 4 is 33.4 Å². The second-order valence-electron chi connectivity index (χ2n) is 5.48. The molecule has 26 heavy (non-hydrogen) atoms. The fraction of sp³-hybridized carbons (Fsp3) is 0.111. The lowest BCUT2D eigenvalue weighted by atomic mass is 10.0. The third kappa shape index (κ3) is 3.64. The first-order valence-electron chi connectivity index (χ1n) is 7.51. The van der Waals surface area contributed by atoms with Crippen molar-refractivity contribution < 1.29 is 18.1 Å². The molecule has 4 nitrogen and oxygen atoms in total. The Morgan fingerprint density at radius 3 is 2.81 bits per heavy atom. The van der Waals surface area contributed by atoms with Crippen LogP contribution in [-0.2, 0) is 6.54 Å². The van der Waals surface area contributed by atoms with Crippen LogP contribution in [0.4, 0.5) is 8.78 Å². The summed E-state index contributed by atoms with van der Waals surface area (Å²) in [6, 6.07) is 8.32. The molecule has 134 valence electrons. The number of hydrogen-bond acceptors (Lipinski definition) is 3. The van der Waals surface area contributed by atoms with Crippen molar-refractivity contribution in [1.29, 1.82) is 0 Å². The van der Waals surface area contributed by atoms with Gasteiger partial charge in [-0.3, -0.25) is 4.79 Å². The highest BCUT2D eigenvalue weighted by molar-refractivity contribution is 9.10. The molecule has 0 spiro atoms. The summed E-state index contributed by atoms with van der Waals surface area (Å²) in [5.41, 5.74) is 0.631. The topological polar surface area (TPSA) is 55.1 Å². The number of rotatable bonds is 4. The van der Waals surface area contributed by atoms with Crippen molar-refractivity contribution in [3.05, 3.63) is 74.4 Å².